The van der Waals surface area contributed by atoms with Crippen LogP contribution in [0.15, 0.2) is 24.7 Å². The molecule has 1 aliphatic carbocycles. The molecule has 8 heteroatoms. The fraction of sp³-hybridized carbons (Fsp3) is 0.471. The summed E-state index contributed by atoms with van der Waals surface area (Å²) in [5.74, 6) is 2.19. The fourth-order valence-corrected chi connectivity index (χ4v) is 2.94. The first-order valence-corrected chi connectivity index (χ1v) is 8.78. The van der Waals surface area contributed by atoms with E-state index < -0.39 is 0 Å². The van der Waals surface area contributed by atoms with E-state index in [0.717, 1.165) is 41.5 Å². The molecule has 0 radical (unpaired) electrons. The molecule has 132 valence electrons. The van der Waals surface area contributed by atoms with Crippen LogP contribution in [0.1, 0.15) is 19.8 Å². The molecule has 0 unspecified atom stereocenters. The highest BCUT2D eigenvalue weighted by Gasteiger charge is 2.28. The quantitative estimate of drug-likeness (QED) is 0.503. The summed E-state index contributed by atoms with van der Waals surface area (Å²) in [5, 5.41) is 15.3. The lowest BCUT2D eigenvalue weighted by atomic mass is 10.2. The minimum Gasteiger partial charge on any atom is -0.367 e. The lowest BCUT2D eigenvalue weighted by Crippen LogP contribution is -2.18. The Morgan fingerprint density at radius 1 is 1.36 bits per heavy atom. The van der Waals surface area contributed by atoms with E-state index in [1.54, 1.807) is 6.20 Å². The zero-order chi connectivity index (χ0) is 17.2. The molecule has 0 spiro atoms. The summed E-state index contributed by atoms with van der Waals surface area (Å²) < 4.78 is 1.89. The minimum absolute atomic E-state index is 0.421. The molecule has 0 aromatic carbocycles. The molecular weight excluding hydrogens is 316 g/mol. The summed E-state index contributed by atoms with van der Waals surface area (Å²) in [6.07, 6.45) is 8.24. The number of anilines is 3. The maximum atomic E-state index is 4.69. The Balaban J connectivity index is 1.55. The van der Waals surface area contributed by atoms with Gasteiger partial charge < -0.3 is 20.9 Å². The van der Waals surface area contributed by atoms with E-state index in [-0.39, 0.29) is 0 Å². The van der Waals surface area contributed by atoms with Crippen LogP contribution in [-0.2, 0) is 6.54 Å². The third kappa shape index (κ3) is 3.58. The largest absolute Gasteiger partial charge is 0.367 e. The van der Waals surface area contributed by atoms with Gasteiger partial charge in [-0.05, 0) is 38.8 Å². The van der Waals surface area contributed by atoms with Crippen LogP contribution in [0.2, 0.25) is 0 Å². The van der Waals surface area contributed by atoms with E-state index >= 15 is 0 Å². The van der Waals surface area contributed by atoms with Crippen LogP contribution in [0.5, 0.6) is 0 Å². The summed E-state index contributed by atoms with van der Waals surface area (Å²) in [7, 11) is 1.93. The first-order valence-electron chi connectivity index (χ1n) is 8.78. The van der Waals surface area contributed by atoms with Crippen molar-refractivity contribution in [2.75, 3.05) is 24.2 Å². The molecule has 0 amide bonds. The lowest BCUT2D eigenvalue weighted by molar-refractivity contribution is 0.585. The van der Waals surface area contributed by atoms with Gasteiger partial charge in [0.25, 0.3) is 0 Å². The van der Waals surface area contributed by atoms with Gasteiger partial charge in [0.2, 0.25) is 5.95 Å². The van der Waals surface area contributed by atoms with Crippen molar-refractivity contribution < 1.29 is 0 Å². The van der Waals surface area contributed by atoms with Crippen molar-refractivity contribution in [2.24, 2.45) is 5.92 Å². The van der Waals surface area contributed by atoms with Crippen molar-refractivity contribution in [2.45, 2.75) is 32.4 Å². The molecule has 1 atom stereocenters. The number of hydrogen-bond acceptors (Lipinski definition) is 6. The van der Waals surface area contributed by atoms with Gasteiger partial charge in [-0.2, -0.15) is 15.1 Å². The van der Waals surface area contributed by atoms with Gasteiger partial charge in [0.1, 0.15) is 11.5 Å². The molecule has 0 aliphatic heterocycles. The molecule has 1 saturated carbocycles. The van der Waals surface area contributed by atoms with Gasteiger partial charge in [-0.3, -0.25) is 4.68 Å². The van der Waals surface area contributed by atoms with E-state index in [0.29, 0.717) is 12.0 Å². The van der Waals surface area contributed by atoms with E-state index in [9.17, 15) is 0 Å². The highest BCUT2D eigenvalue weighted by molar-refractivity contribution is 5.88. The first kappa shape index (κ1) is 15.9. The van der Waals surface area contributed by atoms with Gasteiger partial charge in [0.05, 0.1) is 23.8 Å². The Bertz CT molecular complexity index is 847. The Hall–Kier alpha value is -2.61. The third-order valence-corrected chi connectivity index (χ3v) is 4.59. The second-order valence-corrected chi connectivity index (χ2v) is 6.63. The van der Waals surface area contributed by atoms with E-state index in [4.69, 9.17) is 0 Å². The van der Waals surface area contributed by atoms with Crippen LogP contribution in [0.3, 0.4) is 0 Å². The molecule has 0 saturated heterocycles. The molecule has 1 aliphatic rings. The maximum absolute atomic E-state index is 4.69. The highest BCUT2D eigenvalue weighted by atomic mass is 15.3. The Labute approximate surface area is 146 Å². The van der Waals surface area contributed by atoms with Gasteiger partial charge in [-0.1, -0.05) is 0 Å². The van der Waals surface area contributed by atoms with Crippen LogP contribution < -0.4 is 16.0 Å². The number of aromatic amines is 1. The van der Waals surface area contributed by atoms with Crippen LogP contribution in [0.4, 0.5) is 17.5 Å². The number of fused-ring (bicyclic) bond motifs is 1. The summed E-state index contributed by atoms with van der Waals surface area (Å²) in [5.41, 5.74) is 1.70. The van der Waals surface area contributed by atoms with Gasteiger partial charge in [-0.15, -0.1) is 0 Å². The Kier molecular flexibility index (Phi) is 4.27. The van der Waals surface area contributed by atoms with Crippen molar-refractivity contribution in [3.63, 3.8) is 0 Å². The molecule has 4 rings (SSSR count). The van der Waals surface area contributed by atoms with Crippen molar-refractivity contribution in [1.29, 1.82) is 0 Å². The second-order valence-electron chi connectivity index (χ2n) is 6.63. The second kappa shape index (κ2) is 6.72. The Morgan fingerprint density at radius 3 is 3.04 bits per heavy atom. The zero-order valence-corrected chi connectivity index (χ0v) is 14.6. The summed E-state index contributed by atoms with van der Waals surface area (Å²) in [4.78, 5) is 12.4. The molecular formula is C17H24N8. The normalized spacial score (nSPS) is 15.4. The van der Waals surface area contributed by atoms with Crippen molar-refractivity contribution in [1.82, 2.24) is 30.0 Å². The Morgan fingerprint density at radius 2 is 2.24 bits per heavy atom. The van der Waals surface area contributed by atoms with Crippen molar-refractivity contribution >= 4 is 28.5 Å². The maximum Gasteiger partial charge on any atom is 0.231 e. The summed E-state index contributed by atoms with van der Waals surface area (Å²) in [6, 6.07) is 2.43. The number of H-pyrrole nitrogens is 1. The van der Waals surface area contributed by atoms with E-state index in [2.05, 4.69) is 42.9 Å². The van der Waals surface area contributed by atoms with Crippen molar-refractivity contribution in [3.8, 4) is 0 Å². The van der Waals surface area contributed by atoms with E-state index in [1.807, 2.05) is 30.2 Å². The van der Waals surface area contributed by atoms with Gasteiger partial charge in [0.15, 0.2) is 0 Å². The molecule has 0 bridgehead atoms. The molecule has 8 nitrogen and oxygen atoms in total. The third-order valence-electron chi connectivity index (χ3n) is 4.59. The van der Waals surface area contributed by atoms with Crippen LogP contribution in [0, 0.1) is 5.92 Å². The lowest BCUT2D eigenvalue weighted by Gasteiger charge is -2.15. The van der Waals surface area contributed by atoms with Crippen LogP contribution in [0.25, 0.3) is 11.0 Å². The number of aromatic nitrogens is 5. The predicted octanol–water partition coefficient (Wildman–Crippen LogP) is 2.33. The molecule has 3 aromatic heterocycles. The summed E-state index contributed by atoms with van der Waals surface area (Å²) in [6.45, 7) is 3.91. The van der Waals surface area contributed by atoms with Crippen molar-refractivity contribution in [3.05, 3.63) is 24.7 Å². The molecule has 4 N–H and O–H groups in total. The van der Waals surface area contributed by atoms with E-state index in [1.165, 1.54) is 12.8 Å². The van der Waals surface area contributed by atoms with Crippen LogP contribution >= 0.6 is 0 Å². The van der Waals surface area contributed by atoms with Crippen LogP contribution in [-0.4, -0.2) is 44.4 Å². The SMILES string of the molecule is CNCCn1cc(Nc2nc(N[C@@H](C)C3CC3)c3cc[nH]c3n2)cn1. The smallest absolute Gasteiger partial charge is 0.231 e. The number of nitrogens with zero attached hydrogens (tertiary/aromatic N) is 4. The van der Waals surface area contributed by atoms with Gasteiger partial charge in [0, 0.05) is 25.0 Å². The standard InChI is InChI=1S/C17H24N8/c1-11(12-3-4-12)21-16-14-5-6-19-15(14)23-17(24-16)22-13-9-20-25(10-13)8-7-18-2/h5-6,9-12,18H,3-4,7-8H2,1-2H3,(H3,19,21,22,23,24)/t11-/m0/s1. The molecule has 1 fully saturated rings. The number of hydrogen-bond donors (Lipinski definition) is 4. The number of nitrogens with one attached hydrogen (secondary N) is 4. The summed E-state index contributed by atoms with van der Waals surface area (Å²) >= 11 is 0. The fourth-order valence-electron chi connectivity index (χ4n) is 2.94. The molecule has 3 aromatic rings. The molecule has 25 heavy (non-hydrogen) atoms. The average Bonchev–Trinajstić information content (AvgIpc) is 3.19. The zero-order valence-electron chi connectivity index (χ0n) is 14.6. The topological polar surface area (TPSA) is 95.5 Å². The van der Waals surface area contributed by atoms with Gasteiger partial charge >= 0.3 is 0 Å². The number of rotatable bonds is 8. The number of likely N-dealkylation sites (N-methyl/N-ethyl adjacent to an activating group) is 1. The average molecular weight is 340 g/mol. The molecule has 3 heterocycles. The first-order chi connectivity index (χ1) is 12.2. The monoisotopic (exact) mass is 340 g/mol. The minimum atomic E-state index is 0.421. The predicted molar refractivity (Wildman–Crippen MR) is 99.1 cm³/mol. The van der Waals surface area contributed by atoms with Gasteiger partial charge in [-0.25, -0.2) is 0 Å². The highest BCUT2D eigenvalue weighted by Crippen LogP contribution is 2.34.